The molecule has 1 aromatic rings. The number of hydrogen-bond donors (Lipinski definition) is 1. The number of carbonyl (C=O) groups excluding carboxylic acids is 2. The number of halogens is 3. The van der Waals surface area contributed by atoms with Crippen molar-refractivity contribution in [2.45, 2.75) is 20.0 Å². The lowest BCUT2D eigenvalue weighted by Crippen LogP contribution is -2.30. The summed E-state index contributed by atoms with van der Waals surface area (Å²) in [5.41, 5.74) is 0.693. The van der Waals surface area contributed by atoms with Crippen molar-refractivity contribution in [1.29, 1.82) is 0 Å². The Morgan fingerprint density at radius 3 is 2.21 bits per heavy atom. The Labute approximate surface area is 136 Å². The smallest absolute Gasteiger partial charge is 0.453 e. The summed E-state index contributed by atoms with van der Waals surface area (Å²) in [6, 6.07) is 5.86. The van der Waals surface area contributed by atoms with Gasteiger partial charge >= 0.3 is 6.18 Å². The summed E-state index contributed by atoms with van der Waals surface area (Å²) in [5.74, 6) is -3.67. The van der Waals surface area contributed by atoms with E-state index in [1.54, 1.807) is 13.8 Å². The van der Waals surface area contributed by atoms with E-state index in [0.29, 0.717) is 5.56 Å². The summed E-state index contributed by atoms with van der Waals surface area (Å²) < 4.78 is 47.8. The molecule has 130 valence electrons. The number of nitrogens with one attached hydrogen (secondary N) is 1. The minimum atomic E-state index is -4.82. The first-order valence-corrected chi connectivity index (χ1v) is 7.23. The molecule has 0 fully saturated rings. The molecule has 1 amide bonds. The Morgan fingerprint density at radius 1 is 1.08 bits per heavy atom. The summed E-state index contributed by atoms with van der Waals surface area (Å²) in [6.07, 6.45) is -4.82. The predicted molar refractivity (Wildman–Crippen MR) is 79.2 cm³/mol. The molecule has 0 atom stereocenters. The number of Topliss-reactive ketones (excluding diaryl/α,β-unsaturated/α-hetero) is 1. The summed E-state index contributed by atoms with van der Waals surface area (Å²) in [5, 5.41) is 2.30. The van der Waals surface area contributed by atoms with Gasteiger partial charge in [0.15, 0.2) is 5.78 Å². The molecular formula is C16H16F3NO4. The number of allylic oxidation sites excluding steroid dienone is 1. The van der Waals surface area contributed by atoms with E-state index in [4.69, 9.17) is 4.74 Å². The second-order valence-electron chi connectivity index (χ2n) is 5.40. The highest BCUT2D eigenvalue weighted by molar-refractivity contribution is 6.03. The molecule has 8 heteroatoms. The number of alkyl halides is 3. The fourth-order valence-corrected chi connectivity index (χ4v) is 2.04. The normalized spacial score (nSPS) is 14.9. The number of anilines is 1. The summed E-state index contributed by atoms with van der Waals surface area (Å²) in [7, 11) is 0. The van der Waals surface area contributed by atoms with E-state index in [1.165, 1.54) is 24.3 Å². The minimum Gasteiger partial charge on any atom is -0.483 e. The predicted octanol–water partition coefficient (Wildman–Crippen LogP) is 3.28. The van der Waals surface area contributed by atoms with Crippen molar-refractivity contribution in [3.8, 4) is 0 Å². The maximum atomic E-state index is 12.8. The van der Waals surface area contributed by atoms with Crippen LogP contribution in [0, 0.1) is 5.92 Å². The Hall–Kier alpha value is -2.51. The largest absolute Gasteiger partial charge is 0.483 e. The van der Waals surface area contributed by atoms with E-state index in [9.17, 15) is 22.8 Å². The Morgan fingerprint density at radius 2 is 1.67 bits per heavy atom. The van der Waals surface area contributed by atoms with Gasteiger partial charge in [0.05, 0.1) is 0 Å². The van der Waals surface area contributed by atoms with E-state index >= 15 is 0 Å². The van der Waals surface area contributed by atoms with Gasteiger partial charge < -0.3 is 14.8 Å². The molecule has 1 heterocycles. The summed E-state index contributed by atoms with van der Waals surface area (Å²) in [4.78, 5) is 23.8. The molecule has 0 radical (unpaired) electrons. The maximum Gasteiger partial charge on any atom is 0.453 e. The van der Waals surface area contributed by atoms with Crippen LogP contribution in [0.1, 0.15) is 24.2 Å². The standard InChI is InChI=1S/C16H16F3NO4/c1-9(2)12(21)10-3-5-11(6-4-10)20-15(22)13-14(16(17,18)19)24-8-7-23-13/h3-6,9H,7-8H2,1-2H3,(H,20,22). The zero-order chi connectivity index (χ0) is 17.9. The Bertz CT molecular complexity index is 663. The number of rotatable bonds is 4. The van der Waals surface area contributed by atoms with E-state index in [1.807, 2.05) is 0 Å². The third-order valence-corrected chi connectivity index (χ3v) is 3.20. The van der Waals surface area contributed by atoms with Gasteiger partial charge in [0.2, 0.25) is 11.5 Å². The third-order valence-electron chi connectivity index (χ3n) is 3.20. The third kappa shape index (κ3) is 4.06. The fraction of sp³-hybridized carbons (Fsp3) is 0.375. The zero-order valence-corrected chi connectivity index (χ0v) is 13.1. The zero-order valence-electron chi connectivity index (χ0n) is 13.1. The van der Waals surface area contributed by atoms with Gasteiger partial charge in [-0.1, -0.05) is 13.8 Å². The van der Waals surface area contributed by atoms with E-state index in [0.717, 1.165) is 0 Å². The molecule has 5 nitrogen and oxygen atoms in total. The van der Waals surface area contributed by atoms with Crippen molar-refractivity contribution in [2.24, 2.45) is 5.92 Å². The first-order chi connectivity index (χ1) is 11.2. The van der Waals surface area contributed by atoms with Crippen molar-refractivity contribution in [3.05, 3.63) is 41.3 Å². The van der Waals surface area contributed by atoms with Crippen LogP contribution in [0.25, 0.3) is 0 Å². The number of carbonyl (C=O) groups is 2. The molecule has 0 saturated carbocycles. The van der Waals surface area contributed by atoms with Gasteiger partial charge in [0, 0.05) is 17.2 Å². The Balaban J connectivity index is 2.17. The van der Waals surface area contributed by atoms with Crippen LogP contribution in [-0.4, -0.2) is 31.1 Å². The first-order valence-electron chi connectivity index (χ1n) is 7.23. The molecular weight excluding hydrogens is 327 g/mol. The maximum absolute atomic E-state index is 12.8. The molecule has 0 aromatic heterocycles. The molecule has 0 unspecified atom stereocenters. The molecule has 2 rings (SSSR count). The van der Waals surface area contributed by atoms with E-state index in [2.05, 4.69) is 10.1 Å². The first kappa shape index (κ1) is 17.8. The molecule has 1 aliphatic heterocycles. The van der Waals surface area contributed by atoms with Crippen LogP contribution < -0.4 is 5.32 Å². The van der Waals surface area contributed by atoms with E-state index in [-0.39, 0.29) is 30.6 Å². The van der Waals surface area contributed by atoms with Crippen molar-refractivity contribution in [2.75, 3.05) is 18.5 Å². The molecule has 0 bridgehead atoms. The number of hydrogen-bond acceptors (Lipinski definition) is 4. The van der Waals surface area contributed by atoms with E-state index < -0.39 is 23.6 Å². The van der Waals surface area contributed by atoms with Crippen LogP contribution in [0.3, 0.4) is 0 Å². The molecule has 0 spiro atoms. The quantitative estimate of drug-likeness (QED) is 0.852. The topological polar surface area (TPSA) is 64.6 Å². The molecule has 1 aliphatic rings. The van der Waals surface area contributed by atoms with Gasteiger partial charge in [-0.15, -0.1) is 0 Å². The highest BCUT2D eigenvalue weighted by atomic mass is 19.4. The van der Waals surface area contributed by atoms with Crippen molar-refractivity contribution in [3.63, 3.8) is 0 Å². The number of ether oxygens (including phenoxy) is 2. The van der Waals surface area contributed by atoms with Crippen molar-refractivity contribution >= 4 is 17.4 Å². The van der Waals surface area contributed by atoms with Gasteiger partial charge in [-0.3, -0.25) is 9.59 Å². The molecule has 0 saturated heterocycles. The van der Waals surface area contributed by atoms with Crippen LogP contribution in [0.5, 0.6) is 0 Å². The van der Waals surface area contributed by atoms with Crippen LogP contribution in [-0.2, 0) is 14.3 Å². The van der Waals surface area contributed by atoms with Crippen LogP contribution in [0.15, 0.2) is 35.8 Å². The lowest BCUT2D eigenvalue weighted by molar-refractivity contribution is -0.151. The molecule has 0 aliphatic carbocycles. The van der Waals surface area contributed by atoms with Crippen molar-refractivity contribution in [1.82, 2.24) is 0 Å². The fourth-order valence-electron chi connectivity index (χ4n) is 2.04. The monoisotopic (exact) mass is 343 g/mol. The second-order valence-corrected chi connectivity index (χ2v) is 5.40. The summed E-state index contributed by atoms with van der Waals surface area (Å²) in [6.45, 7) is 3.08. The average Bonchev–Trinajstić information content (AvgIpc) is 2.54. The second kappa shape index (κ2) is 6.94. The van der Waals surface area contributed by atoms with Crippen molar-refractivity contribution < 1.29 is 32.2 Å². The Kier molecular flexibility index (Phi) is 5.16. The highest BCUT2D eigenvalue weighted by Gasteiger charge is 2.43. The number of amides is 1. The SMILES string of the molecule is CC(C)C(=O)c1ccc(NC(=O)C2=C(C(F)(F)F)OCCO2)cc1. The average molecular weight is 343 g/mol. The molecule has 24 heavy (non-hydrogen) atoms. The van der Waals surface area contributed by atoms with Crippen LogP contribution in [0.2, 0.25) is 0 Å². The van der Waals surface area contributed by atoms with Crippen LogP contribution >= 0.6 is 0 Å². The number of ketones is 1. The lowest BCUT2D eigenvalue weighted by atomic mass is 10.0. The molecule has 1 N–H and O–H groups in total. The van der Waals surface area contributed by atoms with Gasteiger partial charge in [-0.2, -0.15) is 13.2 Å². The van der Waals surface area contributed by atoms with Gasteiger partial charge in [-0.05, 0) is 24.3 Å². The lowest BCUT2D eigenvalue weighted by Gasteiger charge is -2.22. The van der Waals surface area contributed by atoms with Crippen LogP contribution in [0.4, 0.5) is 18.9 Å². The minimum absolute atomic E-state index is 0.0704. The molecule has 1 aromatic carbocycles. The van der Waals surface area contributed by atoms with Gasteiger partial charge in [-0.25, -0.2) is 0 Å². The van der Waals surface area contributed by atoms with Gasteiger partial charge in [0.25, 0.3) is 5.91 Å². The summed E-state index contributed by atoms with van der Waals surface area (Å²) >= 11 is 0. The highest BCUT2D eigenvalue weighted by Crippen LogP contribution is 2.32. The number of benzene rings is 1. The van der Waals surface area contributed by atoms with Gasteiger partial charge in [0.1, 0.15) is 13.2 Å².